The molecule has 8 nitrogen and oxygen atoms in total. The molecule has 0 spiro atoms. The van der Waals surface area contributed by atoms with Gasteiger partial charge in [0.15, 0.2) is 0 Å². The van der Waals surface area contributed by atoms with E-state index in [0.717, 1.165) is 37.4 Å². The number of hydrogen-bond donors (Lipinski definition) is 3. The summed E-state index contributed by atoms with van der Waals surface area (Å²) in [5.74, 6) is 2.12. The van der Waals surface area contributed by atoms with Gasteiger partial charge < -0.3 is 20.2 Å². The number of hydrogen-bond acceptors (Lipinski definition) is 9. The van der Waals surface area contributed by atoms with Crippen LogP contribution in [0.25, 0.3) is 22.4 Å². The highest BCUT2D eigenvalue weighted by Crippen LogP contribution is 2.33. The molecular weight excluding hydrogens is 520 g/mol. The molecule has 0 unspecified atom stereocenters. The van der Waals surface area contributed by atoms with E-state index in [9.17, 15) is 5.11 Å². The van der Waals surface area contributed by atoms with E-state index >= 15 is 0 Å². The first-order valence-electron chi connectivity index (χ1n) is 12.8. The van der Waals surface area contributed by atoms with Crippen LogP contribution in [-0.4, -0.2) is 25.3 Å². The van der Waals surface area contributed by atoms with E-state index in [4.69, 9.17) is 14.4 Å². The maximum absolute atomic E-state index is 9.74. The molecule has 2 heterocycles. The molecule has 6 rings (SSSR count). The van der Waals surface area contributed by atoms with Crippen LogP contribution in [0, 0.1) is 0 Å². The smallest absolute Gasteiger partial charge is 0.247 e. The average Bonchev–Trinajstić information content (AvgIpc) is 3.49. The molecule has 0 saturated heterocycles. The van der Waals surface area contributed by atoms with E-state index in [2.05, 4.69) is 33.0 Å². The molecule has 0 aliphatic carbocycles. The second-order valence-electron chi connectivity index (χ2n) is 8.96. The zero-order valence-electron chi connectivity index (χ0n) is 21.5. The van der Waals surface area contributed by atoms with Crippen LogP contribution < -0.4 is 10.6 Å². The summed E-state index contributed by atoms with van der Waals surface area (Å²) in [5.41, 5.74) is 3.70. The summed E-state index contributed by atoms with van der Waals surface area (Å²) in [6.07, 6.45) is 0. The van der Waals surface area contributed by atoms with Gasteiger partial charge >= 0.3 is 0 Å². The Morgan fingerprint density at radius 2 is 1.38 bits per heavy atom. The number of aliphatic hydroxyl groups excluding tert-OH is 1. The molecule has 0 bridgehead atoms. The zero-order chi connectivity index (χ0) is 27.1. The van der Waals surface area contributed by atoms with Gasteiger partial charge in [-0.15, -0.1) is 10.2 Å². The van der Waals surface area contributed by atoms with Crippen LogP contribution in [0.2, 0.25) is 0 Å². The lowest BCUT2D eigenvalue weighted by Crippen LogP contribution is -2.08. The summed E-state index contributed by atoms with van der Waals surface area (Å²) in [5, 5.41) is 25.7. The molecule has 0 saturated carbocycles. The lowest BCUT2D eigenvalue weighted by Gasteiger charge is -2.14. The van der Waals surface area contributed by atoms with Gasteiger partial charge in [-0.2, -0.15) is 4.98 Å². The third-order valence-corrected chi connectivity index (χ3v) is 7.51. The Bertz CT molecular complexity index is 1740. The van der Waals surface area contributed by atoms with Gasteiger partial charge in [0, 0.05) is 27.3 Å². The third-order valence-electron chi connectivity index (χ3n) is 6.27. The van der Waals surface area contributed by atoms with Crippen molar-refractivity contribution in [1.82, 2.24) is 20.2 Å². The number of rotatable bonds is 10. The Kier molecular flexibility index (Phi) is 7.65. The van der Waals surface area contributed by atoms with E-state index < -0.39 is 0 Å². The molecule has 0 amide bonds. The van der Waals surface area contributed by atoms with Gasteiger partial charge in [-0.3, -0.25) is 0 Å². The number of para-hydroxylation sites is 1. The van der Waals surface area contributed by atoms with Gasteiger partial charge in [0.05, 0.1) is 18.7 Å². The Morgan fingerprint density at radius 1 is 0.675 bits per heavy atom. The first-order chi connectivity index (χ1) is 19.8. The van der Waals surface area contributed by atoms with E-state index in [-0.39, 0.29) is 6.61 Å². The summed E-state index contributed by atoms with van der Waals surface area (Å²) in [6, 6.07) is 33.6. The Hall–Kier alpha value is -4.73. The molecule has 2 aromatic heterocycles. The van der Waals surface area contributed by atoms with Crippen LogP contribution in [0.1, 0.15) is 17.0 Å². The minimum Gasteiger partial charge on any atom is -0.419 e. The van der Waals surface area contributed by atoms with Crippen molar-refractivity contribution in [3.05, 3.63) is 120 Å². The fourth-order valence-corrected chi connectivity index (χ4v) is 5.31. The van der Waals surface area contributed by atoms with Crippen LogP contribution in [0.5, 0.6) is 0 Å². The molecule has 40 heavy (non-hydrogen) atoms. The molecular formula is C31H26N6O2S. The first-order valence-corrected chi connectivity index (χ1v) is 13.7. The highest BCUT2D eigenvalue weighted by atomic mass is 32.2. The fourth-order valence-electron chi connectivity index (χ4n) is 4.25. The third kappa shape index (κ3) is 5.80. The largest absolute Gasteiger partial charge is 0.419 e. The average molecular weight is 547 g/mol. The fraction of sp³-hybridized carbons (Fsp3) is 0.0968. The monoisotopic (exact) mass is 546 g/mol. The van der Waals surface area contributed by atoms with E-state index in [1.807, 2.05) is 91.0 Å². The molecule has 0 fully saturated rings. The van der Waals surface area contributed by atoms with E-state index in [1.165, 1.54) is 0 Å². The quantitative estimate of drug-likeness (QED) is 0.176. The normalized spacial score (nSPS) is 11.0. The Labute approximate surface area is 235 Å². The molecule has 0 aliphatic rings. The molecule has 0 aliphatic heterocycles. The second kappa shape index (κ2) is 12.0. The Morgan fingerprint density at radius 3 is 2.20 bits per heavy atom. The number of anilines is 2. The molecule has 0 radical (unpaired) electrons. The number of nitrogens with zero attached hydrogens (tertiary/aromatic N) is 4. The van der Waals surface area contributed by atoms with Crippen molar-refractivity contribution in [2.24, 2.45) is 0 Å². The number of nitrogens with one attached hydrogen (secondary N) is 2. The van der Waals surface area contributed by atoms with Crippen molar-refractivity contribution < 1.29 is 9.52 Å². The van der Waals surface area contributed by atoms with Crippen molar-refractivity contribution in [3.63, 3.8) is 0 Å². The van der Waals surface area contributed by atoms with Crippen LogP contribution in [0.15, 0.2) is 117 Å². The summed E-state index contributed by atoms with van der Waals surface area (Å²) in [4.78, 5) is 11.6. The van der Waals surface area contributed by atoms with Crippen LogP contribution in [0.3, 0.4) is 0 Å². The lowest BCUT2D eigenvalue weighted by molar-refractivity contribution is 0.279. The van der Waals surface area contributed by atoms with Gasteiger partial charge in [0.1, 0.15) is 5.82 Å². The van der Waals surface area contributed by atoms with Crippen LogP contribution in [0.4, 0.5) is 11.8 Å². The van der Waals surface area contributed by atoms with Crippen molar-refractivity contribution in [2.45, 2.75) is 29.5 Å². The molecule has 6 aromatic rings. The van der Waals surface area contributed by atoms with Gasteiger partial charge in [-0.25, -0.2) is 4.98 Å². The van der Waals surface area contributed by atoms with Gasteiger partial charge in [0.2, 0.25) is 17.7 Å². The molecule has 4 aromatic carbocycles. The van der Waals surface area contributed by atoms with Gasteiger partial charge in [-0.1, -0.05) is 78.5 Å². The maximum Gasteiger partial charge on any atom is 0.247 e. The predicted octanol–water partition coefficient (Wildman–Crippen LogP) is 6.55. The maximum atomic E-state index is 9.74. The molecule has 3 N–H and O–H groups in total. The topological polar surface area (TPSA) is 109 Å². The zero-order valence-corrected chi connectivity index (χ0v) is 22.3. The van der Waals surface area contributed by atoms with Gasteiger partial charge in [0.25, 0.3) is 0 Å². The summed E-state index contributed by atoms with van der Waals surface area (Å²) in [6.45, 7) is 0.859. The first kappa shape index (κ1) is 25.5. The SMILES string of the molecule is OCc1ccccc1Sc1ccccc1CNc1nc(NCc2nnc(-c3ccccc3)o2)c2ccccc2n1. The number of fused-ring (bicyclic) bond motifs is 1. The number of benzene rings is 4. The molecule has 198 valence electrons. The minimum absolute atomic E-state index is 0.00144. The highest BCUT2D eigenvalue weighted by Gasteiger charge is 2.13. The van der Waals surface area contributed by atoms with Gasteiger partial charge in [-0.05, 0) is 47.5 Å². The second-order valence-corrected chi connectivity index (χ2v) is 10.0. The van der Waals surface area contributed by atoms with E-state index in [1.54, 1.807) is 11.8 Å². The number of aliphatic hydroxyl groups is 1. The standard InChI is InChI=1S/C31H26N6O2S/c38-20-23-13-5-9-17-27(23)40-26-16-8-4-12-22(26)18-33-31-34-25-15-7-6-14-24(25)29(35-31)32-19-28-36-37-30(39-28)21-10-2-1-3-11-21/h1-17,38H,18-20H2,(H2,32,33,34,35). The lowest BCUT2D eigenvalue weighted by atomic mass is 10.2. The number of aromatic nitrogens is 4. The summed E-state index contributed by atoms with van der Waals surface area (Å²) in [7, 11) is 0. The van der Waals surface area contributed by atoms with Crippen molar-refractivity contribution in [2.75, 3.05) is 10.6 Å². The summed E-state index contributed by atoms with van der Waals surface area (Å²) >= 11 is 1.64. The summed E-state index contributed by atoms with van der Waals surface area (Å²) < 4.78 is 5.86. The predicted molar refractivity (Wildman–Crippen MR) is 157 cm³/mol. The van der Waals surface area contributed by atoms with Crippen LogP contribution >= 0.6 is 11.8 Å². The van der Waals surface area contributed by atoms with Crippen molar-refractivity contribution >= 4 is 34.4 Å². The highest BCUT2D eigenvalue weighted by molar-refractivity contribution is 7.99. The minimum atomic E-state index is 0.00144. The van der Waals surface area contributed by atoms with Crippen molar-refractivity contribution in [1.29, 1.82) is 0 Å². The molecule has 0 atom stereocenters. The van der Waals surface area contributed by atoms with E-state index in [0.29, 0.717) is 36.6 Å². The Balaban J connectivity index is 1.20. The van der Waals surface area contributed by atoms with Crippen LogP contribution in [-0.2, 0) is 19.7 Å². The van der Waals surface area contributed by atoms with Crippen molar-refractivity contribution in [3.8, 4) is 11.5 Å². The molecule has 9 heteroatoms.